The van der Waals surface area contributed by atoms with Gasteiger partial charge in [-0.25, -0.2) is 0 Å². The van der Waals surface area contributed by atoms with Crippen molar-refractivity contribution in [3.8, 4) is 0 Å². The van der Waals surface area contributed by atoms with Crippen LogP contribution >= 0.6 is 0 Å². The molecule has 102 valence electrons. The molecule has 0 radical (unpaired) electrons. The van der Waals surface area contributed by atoms with Gasteiger partial charge in [-0.15, -0.1) is 0 Å². The summed E-state index contributed by atoms with van der Waals surface area (Å²) in [4.78, 5) is 2.59. The molecule has 0 spiro atoms. The highest BCUT2D eigenvalue weighted by Gasteiger charge is 2.40. The lowest BCUT2D eigenvalue weighted by Crippen LogP contribution is -2.56. The maximum atomic E-state index is 6.14. The first-order valence-electron chi connectivity index (χ1n) is 7.43. The molecule has 0 aromatic heterocycles. The largest absolute Gasteiger partial charge is 0.329 e. The van der Waals surface area contributed by atoms with E-state index in [1.807, 2.05) is 0 Å². The van der Waals surface area contributed by atoms with Crippen LogP contribution in [0.5, 0.6) is 0 Å². The van der Waals surface area contributed by atoms with Crippen LogP contribution < -0.4 is 5.73 Å². The molecule has 0 aromatic carbocycles. The van der Waals surface area contributed by atoms with Crippen molar-refractivity contribution in [1.29, 1.82) is 0 Å². The van der Waals surface area contributed by atoms with Crippen LogP contribution in [0.2, 0.25) is 0 Å². The first kappa shape index (κ1) is 15.0. The summed E-state index contributed by atoms with van der Waals surface area (Å²) in [6.45, 7) is 10.1. The third-order valence-corrected chi connectivity index (χ3v) is 5.13. The summed E-state index contributed by atoms with van der Waals surface area (Å²) in [6.07, 6.45) is 6.50. The van der Waals surface area contributed by atoms with E-state index in [0.717, 1.165) is 18.4 Å². The third kappa shape index (κ3) is 3.45. The molecule has 1 saturated carbocycles. The first-order valence-corrected chi connectivity index (χ1v) is 7.43. The Labute approximate surface area is 108 Å². The normalized spacial score (nSPS) is 23.5. The van der Waals surface area contributed by atoms with Gasteiger partial charge in [0.25, 0.3) is 0 Å². The van der Waals surface area contributed by atoms with Crippen LogP contribution in [0.25, 0.3) is 0 Å². The Morgan fingerprint density at radius 3 is 2.24 bits per heavy atom. The molecule has 2 N–H and O–H groups in total. The van der Waals surface area contributed by atoms with Crippen LogP contribution in [0.1, 0.15) is 59.8 Å². The van der Waals surface area contributed by atoms with E-state index in [1.54, 1.807) is 0 Å². The van der Waals surface area contributed by atoms with Crippen molar-refractivity contribution in [3.05, 3.63) is 0 Å². The molecule has 0 aliphatic heterocycles. The van der Waals surface area contributed by atoms with Crippen LogP contribution in [-0.2, 0) is 0 Å². The van der Waals surface area contributed by atoms with Gasteiger partial charge in [0, 0.05) is 18.1 Å². The Kier molecular flexibility index (Phi) is 5.46. The van der Waals surface area contributed by atoms with Gasteiger partial charge in [-0.3, -0.25) is 4.90 Å². The minimum atomic E-state index is 0.220. The van der Waals surface area contributed by atoms with Crippen LogP contribution in [0.4, 0.5) is 0 Å². The third-order valence-electron chi connectivity index (χ3n) is 5.13. The minimum Gasteiger partial charge on any atom is -0.329 e. The Morgan fingerprint density at radius 1 is 1.29 bits per heavy atom. The summed E-state index contributed by atoms with van der Waals surface area (Å²) < 4.78 is 0. The Bertz CT molecular complexity index is 219. The molecule has 1 fully saturated rings. The lowest BCUT2D eigenvalue weighted by atomic mass is 9.82. The molecule has 1 aliphatic carbocycles. The lowest BCUT2D eigenvalue weighted by Gasteiger charge is -2.45. The van der Waals surface area contributed by atoms with Crippen molar-refractivity contribution in [2.45, 2.75) is 71.4 Å². The average Bonchev–Trinajstić information content (AvgIpc) is 3.18. The number of nitrogens with zero attached hydrogens (tertiary/aromatic N) is 1. The van der Waals surface area contributed by atoms with Crippen LogP contribution in [0, 0.1) is 11.8 Å². The van der Waals surface area contributed by atoms with Gasteiger partial charge >= 0.3 is 0 Å². The fraction of sp³-hybridized carbons (Fsp3) is 1.00. The second kappa shape index (κ2) is 6.19. The Balaban J connectivity index is 2.73. The highest BCUT2D eigenvalue weighted by molar-refractivity contribution is 4.96. The van der Waals surface area contributed by atoms with E-state index < -0.39 is 0 Å². The second-order valence-electron chi connectivity index (χ2n) is 6.19. The fourth-order valence-corrected chi connectivity index (χ4v) is 3.03. The highest BCUT2D eigenvalue weighted by atomic mass is 15.2. The van der Waals surface area contributed by atoms with Gasteiger partial charge in [0.05, 0.1) is 0 Å². The Morgan fingerprint density at radius 2 is 1.88 bits per heavy atom. The summed E-state index contributed by atoms with van der Waals surface area (Å²) >= 11 is 0. The van der Waals surface area contributed by atoms with E-state index >= 15 is 0 Å². The summed E-state index contributed by atoms with van der Waals surface area (Å²) in [6, 6.07) is 0.697. The molecule has 1 aliphatic rings. The number of rotatable bonds is 8. The smallest absolute Gasteiger partial charge is 0.0331 e. The molecular weight excluding hydrogens is 208 g/mol. The van der Waals surface area contributed by atoms with Crippen LogP contribution in [0.3, 0.4) is 0 Å². The van der Waals surface area contributed by atoms with Crippen molar-refractivity contribution in [3.63, 3.8) is 0 Å². The van der Waals surface area contributed by atoms with E-state index in [0.29, 0.717) is 6.04 Å². The van der Waals surface area contributed by atoms with Gasteiger partial charge in [0.1, 0.15) is 0 Å². The summed E-state index contributed by atoms with van der Waals surface area (Å²) in [5.41, 5.74) is 6.36. The van der Waals surface area contributed by atoms with Gasteiger partial charge < -0.3 is 5.73 Å². The van der Waals surface area contributed by atoms with Gasteiger partial charge in [-0.1, -0.05) is 27.2 Å². The molecule has 0 aromatic rings. The van der Waals surface area contributed by atoms with Crippen molar-refractivity contribution in [2.24, 2.45) is 17.6 Å². The average molecular weight is 240 g/mol. The molecule has 0 bridgehead atoms. The maximum Gasteiger partial charge on any atom is 0.0331 e. The van der Waals surface area contributed by atoms with Crippen molar-refractivity contribution < 1.29 is 0 Å². The highest BCUT2D eigenvalue weighted by Crippen LogP contribution is 2.39. The second-order valence-corrected chi connectivity index (χ2v) is 6.19. The summed E-state index contributed by atoms with van der Waals surface area (Å²) in [7, 11) is 2.29. The molecule has 0 amide bonds. The molecule has 17 heavy (non-hydrogen) atoms. The lowest BCUT2D eigenvalue weighted by molar-refractivity contribution is 0.0495. The molecule has 1 rings (SSSR count). The van der Waals surface area contributed by atoms with Gasteiger partial charge in [-0.05, 0) is 51.5 Å². The molecule has 2 heteroatoms. The van der Waals surface area contributed by atoms with Crippen molar-refractivity contribution >= 4 is 0 Å². The molecule has 0 saturated heterocycles. The minimum absolute atomic E-state index is 0.220. The quantitative estimate of drug-likeness (QED) is 0.705. The predicted octanol–water partition coefficient (Wildman–Crippen LogP) is 3.26. The van der Waals surface area contributed by atoms with E-state index in [1.165, 1.54) is 32.1 Å². The fourth-order valence-electron chi connectivity index (χ4n) is 3.03. The number of nitrogens with two attached hydrogens (primary N) is 1. The van der Waals surface area contributed by atoms with E-state index in [9.17, 15) is 0 Å². The van der Waals surface area contributed by atoms with Crippen LogP contribution in [-0.4, -0.2) is 30.1 Å². The van der Waals surface area contributed by atoms with Crippen molar-refractivity contribution in [2.75, 3.05) is 13.6 Å². The zero-order chi connectivity index (χ0) is 13.1. The number of likely N-dealkylation sites (N-methyl/N-ethyl adjacent to an activating group) is 1. The SMILES string of the molecule is CCC(C)CC(CC)(CN)N(C)C(C)C1CC1. The predicted molar refractivity (Wildman–Crippen MR) is 76.1 cm³/mol. The topological polar surface area (TPSA) is 29.3 Å². The van der Waals surface area contributed by atoms with E-state index in [-0.39, 0.29) is 5.54 Å². The van der Waals surface area contributed by atoms with Crippen molar-refractivity contribution in [1.82, 2.24) is 4.90 Å². The number of hydrogen-bond donors (Lipinski definition) is 1. The monoisotopic (exact) mass is 240 g/mol. The zero-order valence-corrected chi connectivity index (χ0v) is 12.5. The van der Waals surface area contributed by atoms with E-state index in [4.69, 9.17) is 5.73 Å². The molecule has 3 atom stereocenters. The molecule has 0 heterocycles. The maximum absolute atomic E-state index is 6.14. The van der Waals surface area contributed by atoms with Gasteiger partial charge in [0.2, 0.25) is 0 Å². The summed E-state index contributed by atoms with van der Waals surface area (Å²) in [5.74, 6) is 1.70. The summed E-state index contributed by atoms with van der Waals surface area (Å²) in [5, 5.41) is 0. The molecular formula is C15H32N2. The number of hydrogen-bond acceptors (Lipinski definition) is 2. The molecule has 2 nitrogen and oxygen atoms in total. The molecule has 3 unspecified atom stereocenters. The van der Waals surface area contributed by atoms with Crippen LogP contribution in [0.15, 0.2) is 0 Å². The first-order chi connectivity index (χ1) is 8.00. The van der Waals surface area contributed by atoms with Gasteiger partial charge in [-0.2, -0.15) is 0 Å². The standard InChI is InChI=1S/C15H32N2/c1-6-12(3)10-15(7-2,11-16)17(5)13(4)14-8-9-14/h12-14H,6-11,16H2,1-5H3. The van der Waals surface area contributed by atoms with E-state index in [2.05, 4.69) is 39.6 Å². The zero-order valence-electron chi connectivity index (χ0n) is 12.5. The van der Waals surface area contributed by atoms with Gasteiger partial charge in [0.15, 0.2) is 0 Å². The Hall–Kier alpha value is -0.0800.